The first-order chi connectivity index (χ1) is 26.2. The number of benzene rings is 9. The van der Waals surface area contributed by atoms with Crippen LogP contribution in [0.25, 0.3) is 87.7 Å². The van der Waals surface area contributed by atoms with Gasteiger partial charge in [-0.15, -0.1) is 0 Å². The smallest absolute Gasteiger partial charge is 0.144 e. The van der Waals surface area contributed by atoms with Crippen LogP contribution in [0.3, 0.4) is 0 Å². The molecule has 2 aromatic heterocycles. The van der Waals surface area contributed by atoms with Crippen molar-refractivity contribution in [2.45, 2.75) is 0 Å². The molecule has 0 aliphatic rings. The van der Waals surface area contributed by atoms with E-state index < -0.39 is 0 Å². The molecule has 0 fully saturated rings. The van der Waals surface area contributed by atoms with Crippen molar-refractivity contribution in [3.05, 3.63) is 188 Å². The molecule has 11 rings (SSSR count). The number of fused-ring (bicyclic) bond motifs is 8. The Morgan fingerprint density at radius 2 is 0.925 bits per heavy atom. The molecule has 53 heavy (non-hydrogen) atoms. The van der Waals surface area contributed by atoms with E-state index in [1.165, 1.54) is 32.7 Å². The number of nitrogens with zero attached hydrogens (tertiary/aromatic N) is 1. The van der Waals surface area contributed by atoms with Gasteiger partial charge in [-0.1, -0.05) is 127 Å². The second-order valence-corrected chi connectivity index (χ2v) is 13.7. The summed E-state index contributed by atoms with van der Waals surface area (Å²) in [6.45, 7) is 0. The minimum atomic E-state index is 0.822. The van der Waals surface area contributed by atoms with Gasteiger partial charge in [-0.05, 0) is 92.8 Å². The molecule has 0 aliphatic heterocycles. The van der Waals surface area contributed by atoms with E-state index in [0.29, 0.717) is 0 Å². The Bertz CT molecular complexity index is 3170. The Morgan fingerprint density at radius 1 is 0.321 bits per heavy atom. The molecule has 0 radical (unpaired) electrons. The first-order valence-electron chi connectivity index (χ1n) is 18.0. The lowest BCUT2D eigenvalue weighted by Crippen LogP contribution is -2.09. The molecule has 0 atom stereocenters. The molecule has 248 valence electrons. The molecule has 0 saturated carbocycles. The minimum Gasteiger partial charge on any atom is -0.456 e. The van der Waals surface area contributed by atoms with Gasteiger partial charge < -0.3 is 13.7 Å². The third-order valence-electron chi connectivity index (χ3n) is 10.6. The van der Waals surface area contributed by atoms with Crippen LogP contribution in [-0.2, 0) is 0 Å². The molecule has 0 spiro atoms. The number of para-hydroxylation sites is 1. The number of furan rings is 2. The highest BCUT2D eigenvalue weighted by Gasteiger charge is 2.22. The van der Waals surface area contributed by atoms with E-state index in [1.807, 2.05) is 12.1 Å². The van der Waals surface area contributed by atoms with E-state index in [4.69, 9.17) is 8.83 Å². The zero-order chi connectivity index (χ0) is 34.9. The summed E-state index contributed by atoms with van der Waals surface area (Å²) in [5, 5.41) is 9.02. The second-order valence-electron chi connectivity index (χ2n) is 13.7. The van der Waals surface area contributed by atoms with Gasteiger partial charge in [-0.3, -0.25) is 0 Å². The van der Waals surface area contributed by atoms with Gasteiger partial charge in [0.25, 0.3) is 0 Å². The van der Waals surface area contributed by atoms with Crippen LogP contribution < -0.4 is 4.90 Å². The Hall–Kier alpha value is -7.10. The zero-order valence-electron chi connectivity index (χ0n) is 28.7. The summed E-state index contributed by atoms with van der Waals surface area (Å²) in [4.78, 5) is 2.32. The molecule has 0 saturated heterocycles. The van der Waals surface area contributed by atoms with E-state index >= 15 is 0 Å². The van der Waals surface area contributed by atoms with Crippen molar-refractivity contribution in [1.29, 1.82) is 0 Å². The molecule has 0 N–H and O–H groups in total. The topological polar surface area (TPSA) is 29.5 Å². The van der Waals surface area contributed by atoms with Crippen molar-refractivity contribution in [3.63, 3.8) is 0 Å². The van der Waals surface area contributed by atoms with Gasteiger partial charge in [0.2, 0.25) is 0 Å². The summed E-state index contributed by atoms with van der Waals surface area (Å²) >= 11 is 0. The SMILES string of the molecule is c1ccc(-c2ccc(N(c3ccc4ccccc4c3)c3ccc4c(c3)oc3c(-c5ccc6ccccc6c5)c5c(cc34)oc3ccccc35)cc2)cc1. The van der Waals surface area contributed by atoms with Gasteiger partial charge in [-0.2, -0.15) is 0 Å². The van der Waals surface area contributed by atoms with Crippen LogP contribution in [-0.4, -0.2) is 0 Å². The molecule has 3 nitrogen and oxygen atoms in total. The molecule has 11 aromatic rings. The fourth-order valence-corrected chi connectivity index (χ4v) is 8.06. The number of anilines is 3. The summed E-state index contributed by atoms with van der Waals surface area (Å²) in [6.07, 6.45) is 0. The Labute approximate surface area is 305 Å². The summed E-state index contributed by atoms with van der Waals surface area (Å²) in [6, 6.07) is 66.7. The van der Waals surface area contributed by atoms with E-state index in [9.17, 15) is 0 Å². The maximum Gasteiger partial charge on any atom is 0.144 e. The Balaban J connectivity index is 1.14. The van der Waals surface area contributed by atoms with E-state index in [0.717, 1.165) is 72.1 Å². The average molecular weight is 678 g/mol. The largest absolute Gasteiger partial charge is 0.456 e. The molecular weight excluding hydrogens is 647 g/mol. The summed E-state index contributed by atoms with van der Waals surface area (Å²) in [5.74, 6) is 0. The number of rotatable bonds is 5. The van der Waals surface area contributed by atoms with Gasteiger partial charge >= 0.3 is 0 Å². The zero-order valence-corrected chi connectivity index (χ0v) is 28.7. The van der Waals surface area contributed by atoms with Crippen molar-refractivity contribution in [1.82, 2.24) is 0 Å². The number of hydrogen-bond acceptors (Lipinski definition) is 3. The molecule has 0 amide bonds. The lowest BCUT2D eigenvalue weighted by atomic mass is 9.95. The average Bonchev–Trinajstić information content (AvgIpc) is 3.78. The highest BCUT2D eigenvalue weighted by atomic mass is 16.3. The molecule has 0 aliphatic carbocycles. The highest BCUT2D eigenvalue weighted by Crippen LogP contribution is 2.47. The predicted molar refractivity (Wildman–Crippen MR) is 222 cm³/mol. The third kappa shape index (κ3) is 4.82. The lowest BCUT2D eigenvalue weighted by Gasteiger charge is -2.26. The summed E-state index contributed by atoms with van der Waals surface area (Å²) < 4.78 is 13.6. The predicted octanol–water partition coefficient (Wildman–Crippen LogP) is 14.6. The van der Waals surface area contributed by atoms with Crippen LogP contribution >= 0.6 is 0 Å². The Morgan fingerprint density at radius 3 is 1.74 bits per heavy atom. The maximum absolute atomic E-state index is 7.02. The lowest BCUT2D eigenvalue weighted by molar-refractivity contribution is 0.664. The molecular formula is C50H31NO2. The number of hydrogen-bond donors (Lipinski definition) is 0. The summed E-state index contributed by atoms with van der Waals surface area (Å²) in [7, 11) is 0. The van der Waals surface area contributed by atoms with Crippen molar-refractivity contribution in [2.75, 3.05) is 4.90 Å². The quantitative estimate of drug-likeness (QED) is 0.182. The van der Waals surface area contributed by atoms with Crippen LogP contribution in [0.4, 0.5) is 17.1 Å². The standard InChI is InChI=1S/C50H31NO2/c1-2-10-32(11-3-1)35-20-23-39(24-21-35)51(40-25-22-34-13-5-7-15-37(34)29-40)41-26-27-42-44-31-47-49(43-16-8-9-17-45(43)52-47)48(50(44)53-46(42)30-41)38-19-18-33-12-4-6-14-36(33)28-38/h1-31H. The molecule has 9 aromatic carbocycles. The van der Waals surface area contributed by atoms with Crippen molar-refractivity contribution in [2.24, 2.45) is 0 Å². The monoisotopic (exact) mass is 677 g/mol. The molecule has 2 heterocycles. The fraction of sp³-hybridized carbons (Fsp3) is 0. The van der Waals surface area contributed by atoms with Crippen molar-refractivity contribution in [3.8, 4) is 22.3 Å². The first kappa shape index (κ1) is 29.6. The van der Waals surface area contributed by atoms with Gasteiger partial charge in [-0.25, -0.2) is 0 Å². The Kier molecular flexibility index (Phi) is 6.55. The van der Waals surface area contributed by atoms with E-state index in [1.54, 1.807) is 0 Å². The van der Waals surface area contributed by atoms with Crippen LogP contribution in [0.2, 0.25) is 0 Å². The van der Waals surface area contributed by atoms with Crippen molar-refractivity contribution >= 4 is 82.5 Å². The van der Waals surface area contributed by atoms with Gasteiger partial charge in [0.1, 0.15) is 22.3 Å². The second kappa shape index (κ2) is 11.7. The fourth-order valence-electron chi connectivity index (χ4n) is 8.06. The van der Waals surface area contributed by atoms with Crippen molar-refractivity contribution < 1.29 is 8.83 Å². The van der Waals surface area contributed by atoms with Crippen LogP contribution in [0.5, 0.6) is 0 Å². The maximum atomic E-state index is 7.02. The van der Waals surface area contributed by atoms with Crippen LogP contribution in [0.15, 0.2) is 197 Å². The van der Waals surface area contributed by atoms with E-state index in [-0.39, 0.29) is 0 Å². The molecule has 0 bridgehead atoms. The van der Waals surface area contributed by atoms with Crippen LogP contribution in [0.1, 0.15) is 0 Å². The van der Waals surface area contributed by atoms with Gasteiger partial charge in [0.05, 0.1) is 0 Å². The van der Waals surface area contributed by atoms with Gasteiger partial charge in [0.15, 0.2) is 0 Å². The minimum absolute atomic E-state index is 0.822. The van der Waals surface area contributed by atoms with Crippen LogP contribution in [0, 0.1) is 0 Å². The van der Waals surface area contributed by atoms with E-state index in [2.05, 4.69) is 181 Å². The van der Waals surface area contributed by atoms with Gasteiger partial charge in [0, 0.05) is 50.2 Å². The molecule has 3 heteroatoms. The highest BCUT2D eigenvalue weighted by molar-refractivity contribution is 6.24. The first-order valence-corrected chi connectivity index (χ1v) is 18.0. The third-order valence-corrected chi connectivity index (χ3v) is 10.6. The summed E-state index contributed by atoms with van der Waals surface area (Å²) in [5.41, 5.74) is 11.1. The normalized spacial score (nSPS) is 11.8. The molecule has 0 unspecified atom stereocenters.